The first-order valence-corrected chi connectivity index (χ1v) is 15.5. The Hall–Kier alpha value is -6.19. The summed E-state index contributed by atoms with van der Waals surface area (Å²) >= 11 is 0. The Morgan fingerprint density at radius 2 is 0.891 bits per heavy atom. The van der Waals surface area contributed by atoms with Crippen LogP contribution in [-0.4, -0.2) is 15.0 Å². The van der Waals surface area contributed by atoms with E-state index in [1.165, 1.54) is 26.9 Å². The van der Waals surface area contributed by atoms with Gasteiger partial charge < -0.3 is 0 Å². The minimum atomic E-state index is 0.648. The first-order chi connectivity index (χ1) is 22.8. The lowest BCUT2D eigenvalue weighted by Crippen LogP contribution is -2.02. The Kier molecular flexibility index (Phi) is 6.14. The number of nitrogens with zero attached hydrogens (tertiary/aromatic N) is 3. The highest BCUT2D eigenvalue weighted by atomic mass is 15.0. The molecule has 0 N–H and O–H groups in total. The molecule has 0 amide bonds. The van der Waals surface area contributed by atoms with Gasteiger partial charge in [-0.3, -0.25) is 0 Å². The lowest BCUT2D eigenvalue weighted by molar-refractivity contribution is 1.08. The van der Waals surface area contributed by atoms with Crippen LogP contribution in [0.3, 0.4) is 0 Å². The molecular formula is C43H27N3. The van der Waals surface area contributed by atoms with Gasteiger partial charge in [0, 0.05) is 16.7 Å². The molecule has 0 saturated heterocycles. The molecule has 0 atom stereocenters. The summed E-state index contributed by atoms with van der Waals surface area (Å²) in [5.41, 5.74) is 5.14. The molecule has 0 aliphatic heterocycles. The lowest BCUT2D eigenvalue weighted by atomic mass is 9.93. The Bertz CT molecular complexity index is 2590. The average molecular weight is 586 g/mol. The van der Waals surface area contributed by atoms with E-state index >= 15 is 0 Å². The van der Waals surface area contributed by atoms with Crippen molar-refractivity contribution in [2.75, 3.05) is 0 Å². The second-order valence-corrected chi connectivity index (χ2v) is 11.6. The molecule has 0 aliphatic rings. The Morgan fingerprint density at radius 3 is 1.74 bits per heavy atom. The van der Waals surface area contributed by atoms with Gasteiger partial charge in [-0.1, -0.05) is 152 Å². The van der Waals surface area contributed by atoms with Crippen LogP contribution in [0.15, 0.2) is 164 Å². The zero-order valence-electron chi connectivity index (χ0n) is 24.9. The van der Waals surface area contributed by atoms with Crippen LogP contribution >= 0.6 is 0 Å². The van der Waals surface area contributed by atoms with E-state index < -0.39 is 0 Å². The molecule has 1 heterocycles. The lowest BCUT2D eigenvalue weighted by Gasteiger charge is -2.15. The summed E-state index contributed by atoms with van der Waals surface area (Å²) in [4.78, 5) is 15.6. The van der Waals surface area contributed by atoms with Crippen molar-refractivity contribution in [1.82, 2.24) is 15.0 Å². The van der Waals surface area contributed by atoms with Crippen molar-refractivity contribution in [2.45, 2.75) is 0 Å². The van der Waals surface area contributed by atoms with Gasteiger partial charge in [0.15, 0.2) is 17.5 Å². The summed E-state index contributed by atoms with van der Waals surface area (Å²) in [5, 5.41) is 9.42. The van der Waals surface area contributed by atoms with E-state index in [0.717, 1.165) is 44.0 Å². The fourth-order valence-corrected chi connectivity index (χ4v) is 6.67. The van der Waals surface area contributed by atoms with Crippen molar-refractivity contribution >= 4 is 43.1 Å². The molecule has 0 aliphatic carbocycles. The standard InChI is InChI=1S/C43H27N3/c1-2-14-30(15-3-1)41-44-42(38-21-11-10-19-35(38)33-23-22-28-12-4-5-16-31(28)26-33)46-43(45-41)40-36-20-9-7-17-32(36)27-39-34-18-8-6-13-29(34)24-25-37(39)40/h1-27H. The van der Waals surface area contributed by atoms with Crippen molar-refractivity contribution in [3.8, 4) is 45.3 Å². The first-order valence-electron chi connectivity index (χ1n) is 15.5. The zero-order chi connectivity index (χ0) is 30.5. The van der Waals surface area contributed by atoms with Gasteiger partial charge in [-0.2, -0.15) is 0 Å². The molecule has 0 fully saturated rings. The van der Waals surface area contributed by atoms with E-state index in [4.69, 9.17) is 15.0 Å². The second-order valence-electron chi connectivity index (χ2n) is 11.6. The van der Waals surface area contributed by atoms with Gasteiger partial charge >= 0.3 is 0 Å². The van der Waals surface area contributed by atoms with Crippen LogP contribution < -0.4 is 0 Å². The Balaban J connectivity index is 1.35. The molecule has 9 rings (SSSR count). The summed E-state index contributed by atoms with van der Waals surface area (Å²) in [7, 11) is 0. The molecule has 0 radical (unpaired) electrons. The molecule has 46 heavy (non-hydrogen) atoms. The van der Waals surface area contributed by atoms with Gasteiger partial charge in [-0.05, 0) is 66.3 Å². The maximum Gasteiger partial charge on any atom is 0.165 e. The van der Waals surface area contributed by atoms with E-state index in [9.17, 15) is 0 Å². The molecule has 0 unspecified atom stereocenters. The number of benzene rings is 8. The average Bonchev–Trinajstić information content (AvgIpc) is 3.13. The second kappa shape index (κ2) is 10.8. The smallest absolute Gasteiger partial charge is 0.165 e. The molecule has 3 heteroatoms. The summed E-state index contributed by atoms with van der Waals surface area (Å²) in [6.07, 6.45) is 0. The van der Waals surface area contributed by atoms with Crippen LogP contribution in [0.5, 0.6) is 0 Å². The van der Waals surface area contributed by atoms with Gasteiger partial charge in [0.2, 0.25) is 0 Å². The fraction of sp³-hybridized carbons (Fsp3) is 0. The van der Waals surface area contributed by atoms with Gasteiger partial charge in [0.1, 0.15) is 0 Å². The van der Waals surface area contributed by atoms with Crippen molar-refractivity contribution in [3.63, 3.8) is 0 Å². The predicted octanol–water partition coefficient (Wildman–Crippen LogP) is 11.2. The first kappa shape index (κ1) is 26.2. The molecule has 3 nitrogen and oxygen atoms in total. The minimum absolute atomic E-state index is 0.648. The third-order valence-corrected chi connectivity index (χ3v) is 8.89. The molecule has 214 valence electrons. The summed E-state index contributed by atoms with van der Waals surface area (Å²) in [6, 6.07) is 57.5. The largest absolute Gasteiger partial charge is 0.208 e. The number of hydrogen-bond donors (Lipinski definition) is 0. The van der Waals surface area contributed by atoms with E-state index in [1.807, 2.05) is 18.2 Å². The van der Waals surface area contributed by atoms with Crippen molar-refractivity contribution in [2.24, 2.45) is 0 Å². The van der Waals surface area contributed by atoms with Crippen molar-refractivity contribution in [1.29, 1.82) is 0 Å². The zero-order valence-corrected chi connectivity index (χ0v) is 24.9. The van der Waals surface area contributed by atoms with Crippen molar-refractivity contribution < 1.29 is 0 Å². The van der Waals surface area contributed by atoms with E-state index in [0.29, 0.717) is 17.5 Å². The van der Waals surface area contributed by atoms with Crippen LogP contribution in [0, 0.1) is 0 Å². The predicted molar refractivity (Wildman–Crippen MR) is 192 cm³/mol. The van der Waals surface area contributed by atoms with Gasteiger partial charge in [0.25, 0.3) is 0 Å². The van der Waals surface area contributed by atoms with Crippen LogP contribution in [0.1, 0.15) is 0 Å². The highest BCUT2D eigenvalue weighted by Gasteiger charge is 2.19. The topological polar surface area (TPSA) is 38.7 Å². The van der Waals surface area contributed by atoms with E-state index in [2.05, 4.69) is 146 Å². The van der Waals surface area contributed by atoms with Crippen LogP contribution in [0.4, 0.5) is 0 Å². The van der Waals surface area contributed by atoms with Crippen LogP contribution in [0.25, 0.3) is 88.4 Å². The van der Waals surface area contributed by atoms with Crippen LogP contribution in [0.2, 0.25) is 0 Å². The number of hydrogen-bond acceptors (Lipinski definition) is 3. The minimum Gasteiger partial charge on any atom is -0.208 e. The third kappa shape index (κ3) is 4.41. The number of rotatable bonds is 4. The molecule has 8 aromatic carbocycles. The summed E-state index contributed by atoms with van der Waals surface area (Å²) < 4.78 is 0. The molecule has 9 aromatic rings. The summed E-state index contributed by atoms with van der Waals surface area (Å²) in [6.45, 7) is 0. The van der Waals surface area contributed by atoms with Crippen molar-refractivity contribution in [3.05, 3.63) is 164 Å². The molecule has 0 spiro atoms. The quantitative estimate of drug-likeness (QED) is 0.152. The van der Waals surface area contributed by atoms with E-state index in [1.54, 1.807) is 0 Å². The maximum absolute atomic E-state index is 5.31. The Labute approximate surface area is 266 Å². The Morgan fingerprint density at radius 1 is 0.283 bits per heavy atom. The summed E-state index contributed by atoms with van der Waals surface area (Å²) in [5.74, 6) is 1.96. The van der Waals surface area contributed by atoms with Crippen LogP contribution in [-0.2, 0) is 0 Å². The fourth-order valence-electron chi connectivity index (χ4n) is 6.67. The molecular weight excluding hydrogens is 558 g/mol. The monoisotopic (exact) mass is 585 g/mol. The number of fused-ring (bicyclic) bond motifs is 5. The van der Waals surface area contributed by atoms with Gasteiger partial charge in [-0.15, -0.1) is 0 Å². The molecule has 0 bridgehead atoms. The molecule has 1 aromatic heterocycles. The maximum atomic E-state index is 5.31. The van der Waals surface area contributed by atoms with E-state index in [-0.39, 0.29) is 0 Å². The van der Waals surface area contributed by atoms with Gasteiger partial charge in [-0.25, -0.2) is 15.0 Å². The van der Waals surface area contributed by atoms with Gasteiger partial charge in [0.05, 0.1) is 0 Å². The highest BCUT2D eigenvalue weighted by Crippen LogP contribution is 2.40. The SMILES string of the molecule is c1ccc(-c2nc(-c3ccccc3-c3ccc4ccccc4c3)nc(-c3c4ccccc4cc4c3ccc3ccccc34)n2)cc1. The normalized spacial score (nSPS) is 11.5. The highest BCUT2D eigenvalue weighted by molar-refractivity contribution is 6.19. The molecule has 0 saturated carbocycles. The third-order valence-electron chi connectivity index (χ3n) is 8.89. The number of aromatic nitrogens is 3.